The molecule has 4 heteroatoms. The summed E-state index contributed by atoms with van der Waals surface area (Å²) >= 11 is 0. The van der Waals surface area contributed by atoms with Gasteiger partial charge in [0.2, 0.25) is 5.91 Å². The number of likely N-dealkylation sites (tertiary alicyclic amines) is 1. The maximum Gasteiger partial charge on any atom is 0.248 e. The van der Waals surface area contributed by atoms with Crippen LogP contribution in [0.4, 0.5) is 0 Å². The van der Waals surface area contributed by atoms with Gasteiger partial charge in [-0.05, 0) is 27.4 Å². The molecule has 0 saturated carbocycles. The van der Waals surface area contributed by atoms with Crippen molar-refractivity contribution in [2.24, 2.45) is 0 Å². The lowest BCUT2D eigenvalue weighted by Gasteiger charge is -2.20. The summed E-state index contributed by atoms with van der Waals surface area (Å²) in [5.41, 5.74) is 0. The van der Waals surface area contributed by atoms with E-state index in [0.717, 1.165) is 19.5 Å². The number of hydrogen-bond donors (Lipinski definition) is 0. The van der Waals surface area contributed by atoms with E-state index in [1.807, 2.05) is 11.8 Å². The van der Waals surface area contributed by atoms with E-state index >= 15 is 0 Å². The Balaban J connectivity index is 2.30. The summed E-state index contributed by atoms with van der Waals surface area (Å²) in [6.07, 6.45) is 1.07. The predicted molar refractivity (Wildman–Crippen MR) is 55.2 cm³/mol. The Labute approximate surface area is 85.8 Å². The van der Waals surface area contributed by atoms with E-state index in [9.17, 15) is 4.79 Å². The Morgan fingerprint density at radius 3 is 2.79 bits per heavy atom. The number of ether oxygens (including phenoxy) is 1. The van der Waals surface area contributed by atoms with Gasteiger partial charge >= 0.3 is 0 Å². The number of nitrogens with zero attached hydrogens (tertiary/aromatic N) is 2. The number of hydrogen-bond acceptors (Lipinski definition) is 3. The highest BCUT2D eigenvalue weighted by molar-refractivity contribution is 5.77. The highest BCUT2D eigenvalue weighted by Crippen LogP contribution is 2.12. The molecule has 0 aromatic rings. The lowest BCUT2D eigenvalue weighted by molar-refractivity contribution is -0.135. The van der Waals surface area contributed by atoms with Crippen LogP contribution in [-0.2, 0) is 9.53 Å². The standard InChI is InChI=1S/C10H20N2O2/c1-4-14-8-10(13)12-6-5-9(7-12)11(2)3/h9H,4-8H2,1-3H3. The molecule has 1 saturated heterocycles. The second-order valence-corrected chi connectivity index (χ2v) is 3.88. The lowest BCUT2D eigenvalue weighted by Crippen LogP contribution is -2.36. The molecule has 4 nitrogen and oxygen atoms in total. The second kappa shape index (κ2) is 5.32. The summed E-state index contributed by atoms with van der Waals surface area (Å²) in [7, 11) is 4.11. The minimum absolute atomic E-state index is 0.121. The maximum atomic E-state index is 11.6. The van der Waals surface area contributed by atoms with Gasteiger partial charge < -0.3 is 14.5 Å². The van der Waals surface area contributed by atoms with Crippen LogP contribution in [0.5, 0.6) is 0 Å². The molecular formula is C10H20N2O2. The van der Waals surface area contributed by atoms with Crippen molar-refractivity contribution in [1.82, 2.24) is 9.80 Å². The molecule has 0 radical (unpaired) electrons. The summed E-state index contributed by atoms with van der Waals surface area (Å²) in [5.74, 6) is 0.121. The predicted octanol–water partition coefficient (Wildman–Crippen LogP) is 0.185. The van der Waals surface area contributed by atoms with Crippen LogP contribution in [-0.4, -0.2) is 62.1 Å². The zero-order valence-electron chi connectivity index (χ0n) is 9.32. The third-order valence-corrected chi connectivity index (χ3v) is 2.68. The van der Waals surface area contributed by atoms with Gasteiger partial charge in [0.05, 0.1) is 0 Å². The average Bonchev–Trinajstić information content (AvgIpc) is 2.62. The van der Waals surface area contributed by atoms with Crippen LogP contribution in [0.2, 0.25) is 0 Å². The molecule has 1 heterocycles. The minimum atomic E-state index is 0.121. The largest absolute Gasteiger partial charge is 0.372 e. The molecule has 1 rings (SSSR count). The first-order valence-corrected chi connectivity index (χ1v) is 5.17. The molecule has 1 unspecified atom stereocenters. The summed E-state index contributed by atoms with van der Waals surface area (Å²) < 4.78 is 5.10. The van der Waals surface area contributed by atoms with Crippen LogP contribution < -0.4 is 0 Å². The monoisotopic (exact) mass is 200 g/mol. The molecule has 0 aromatic heterocycles. The van der Waals surface area contributed by atoms with E-state index < -0.39 is 0 Å². The molecular weight excluding hydrogens is 180 g/mol. The fraction of sp³-hybridized carbons (Fsp3) is 0.900. The molecule has 1 amide bonds. The molecule has 14 heavy (non-hydrogen) atoms. The van der Waals surface area contributed by atoms with E-state index in [1.54, 1.807) is 0 Å². The van der Waals surface area contributed by atoms with Gasteiger partial charge in [0.1, 0.15) is 6.61 Å². The first-order valence-electron chi connectivity index (χ1n) is 5.17. The Morgan fingerprint density at radius 1 is 1.57 bits per heavy atom. The third-order valence-electron chi connectivity index (χ3n) is 2.68. The summed E-state index contributed by atoms with van der Waals surface area (Å²) in [5, 5.41) is 0. The van der Waals surface area contributed by atoms with Crippen molar-refractivity contribution >= 4 is 5.91 Å². The lowest BCUT2D eigenvalue weighted by atomic mass is 10.2. The molecule has 0 aliphatic carbocycles. The van der Waals surface area contributed by atoms with Gasteiger partial charge in [0, 0.05) is 25.7 Å². The maximum absolute atomic E-state index is 11.6. The normalized spacial score (nSPS) is 22.0. The van der Waals surface area contributed by atoms with Crippen molar-refractivity contribution in [2.45, 2.75) is 19.4 Å². The van der Waals surface area contributed by atoms with Gasteiger partial charge in [0.15, 0.2) is 0 Å². The van der Waals surface area contributed by atoms with Gasteiger partial charge in [0.25, 0.3) is 0 Å². The highest BCUT2D eigenvalue weighted by atomic mass is 16.5. The van der Waals surface area contributed by atoms with Gasteiger partial charge in [-0.25, -0.2) is 0 Å². The molecule has 82 valence electrons. The minimum Gasteiger partial charge on any atom is -0.372 e. The van der Waals surface area contributed by atoms with Crippen LogP contribution >= 0.6 is 0 Å². The third kappa shape index (κ3) is 2.96. The van der Waals surface area contributed by atoms with E-state index in [4.69, 9.17) is 4.74 Å². The molecule has 0 aromatic carbocycles. The van der Waals surface area contributed by atoms with Crippen LogP contribution in [0.25, 0.3) is 0 Å². The van der Waals surface area contributed by atoms with Crippen molar-refractivity contribution in [3.8, 4) is 0 Å². The number of rotatable bonds is 4. The molecule has 0 bridgehead atoms. The van der Waals surface area contributed by atoms with Crippen molar-refractivity contribution < 1.29 is 9.53 Å². The SMILES string of the molecule is CCOCC(=O)N1CCC(N(C)C)C1. The highest BCUT2D eigenvalue weighted by Gasteiger charge is 2.26. The van der Waals surface area contributed by atoms with Crippen molar-refractivity contribution in [1.29, 1.82) is 0 Å². The fourth-order valence-electron chi connectivity index (χ4n) is 1.67. The fourth-order valence-corrected chi connectivity index (χ4v) is 1.67. The molecule has 1 fully saturated rings. The Bertz CT molecular complexity index is 195. The first-order chi connectivity index (χ1) is 6.65. The zero-order chi connectivity index (χ0) is 10.6. The van der Waals surface area contributed by atoms with Crippen LogP contribution in [0.15, 0.2) is 0 Å². The molecule has 1 atom stereocenters. The average molecular weight is 200 g/mol. The quantitative estimate of drug-likeness (QED) is 0.649. The summed E-state index contributed by atoms with van der Waals surface area (Å²) in [6.45, 7) is 4.46. The Hall–Kier alpha value is -0.610. The van der Waals surface area contributed by atoms with Crippen molar-refractivity contribution in [3.05, 3.63) is 0 Å². The number of carbonyl (C=O) groups is 1. The van der Waals surface area contributed by atoms with Crippen LogP contribution in [0.3, 0.4) is 0 Å². The zero-order valence-corrected chi connectivity index (χ0v) is 9.32. The number of likely N-dealkylation sites (N-methyl/N-ethyl adjacent to an activating group) is 1. The van der Waals surface area contributed by atoms with Crippen molar-refractivity contribution in [3.63, 3.8) is 0 Å². The summed E-state index contributed by atoms with van der Waals surface area (Å²) in [6, 6.07) is 0.514. The van der Waals surface area contributed by atoms with E-state index in [2.05, 4.69) is 19.0 Å². The Morgan fingerprint density at radius 2 is 2.29 bits per heavy atom. The van der Waals surface area contributed by atoms with Crippen molar-refractivity contribution in [2.75, 3.05) is 40.4 Å². The van der Waals surface area contributed by atoms with Crippen LogP contribution in [0.1, 0.15) is 13.3 Å². The Kier molecular flexibility index (Phi) is 4.35. The molecule has 0 N–H and O–H groups in total. The van der Waals surface area contributed by atoms with E-state index in [1.165, 1.54) is 0 Å². The van der Waals surface area contributed by atoms with Gasteiger partial charge in [-0.1, -0.05) is 0 Å². The van der Waals surface area contributed by atoms with Crippen LogP contribution in [0, 0.1) is 0 Å². The smallest absolute Gasteiger partial charge is 0.248 e. The molecule has 1 aliphatic heterocycles. The molecule has 0 spiro atoms. The number of carbonyl (C=O) groups excluding carboxylic acids is 1. The second-order valence-electron chi connectivity index (χ2n) is 3.88. The van der Waals surface area contributed by atoms with Gasteiger partial charge in [-0.3, -0.25) is 4.79 Å². The topological polar surface area (TPSA) is 32.8 Å². The summed E-state index contributed by atoms with van der Waals surface area (Å²) in [4.78, 5) is 15.6. The van der Waals surface area contributed by atoms with Gasteiger partial charge in [-0.15, -0.1) is 0 Å². The van der Waals surface area contributed by atoms with E-state index in [0.29, 0.717) is 12.6 Å². The first kappa shape index (κ1) is 11.5. The van der Waals surface area contributed by atoms with E-state index in [-0.39, 0.29) is 12.5 Å². The molecule has 1 aliphatic rings. The van der Waals surface area contributed by atoms with Gasteiger partial charge in [-0.2, -0.15) is 0 Å². The number of amides is 1.